The molecule has 0 spiro atoms. The lowest BCUT2D eigenvalue weighted by Gasteiger charge is -2.33. The van der Waals surface area contributed by atoms with Gasteiger partial charge in [0.25, 0.3) is 0 Å². The summed E-state index contributed by atoms with van der Waals surface area (Å²) in [6.45, 7) is 0.736. The second-order valence-electron chi connectivity index (χ2n) is 4.93. The molecule has 0 aromatic heterocycles. The minimum Gasteiger partial charge on any atom is -0.312 e. The van der Waals surface area contributed by atoms with E-state index in [1.54, 1.807) is 0 Å². The Bertz CT molecular complexity index is 479. The molecule has 0 radical (unpaired) electrons. The zero-order valence-electron chi connectivity index (χ0n) is 9.92. The molecule has 1 aliphatic carbocycles. The van der Waals surface area contributed by atoms with E-state index in [4.69, 9.17) is 5.73 Å². The molecular formula is C13H14F3NO. The van der Waals surface area contributed by atoms with E-state index < -0.39 is 17.5 Å². The van der Waals surface area contributed by atoms with Crippen LogP contribution in [0.25, 0.3) is 0 Å². The van der Waals surface area contributed by atoms with Gasteiger partial charge in [0.05, 0.1) is 0 Å². The summed E-state index contributed by atoms with van der Waals surface area (Å²) < 4.78 is 37.8. The van der Waals surface area contributed by atoms with Crippen LogP contribution in [0.2, 0.25) is 0 Å². The maximum atomic E-state index is 12.6. The first-order valence-corrected chi connectivity index (χ1v) is 5.70. The van der Waals surface area contributed by atoms with E-state index in [-0.39, 0.29) is 12.3 Å². The normalized spacial score (nSPS) is 21.7. The van der Waals surface area contributed by atoms with Gasteiger partial charge in [0.15, 0.2) is 11.3 Å². The van der Waals surface area contributed by atoms with Gasteiger partial charge in [-0.1, -0.05) is 24.3 Å². The van der Waals surface area contributed by atoms with Crippen LogP contribution in [0.15, 0.2) is 24.3 Å². The Morgan fingerprint density at radius 1 is 1.39 bits per heavy atom. The highest BCUT2D eigenvalue weighted by Crippen LogP contribution is 2.39. The highest BCUT2D eigenvalue weighted by atomic mass is 19.4. The van der Waals surface area contributed by atoms with E-state index in [0.717, 1.165) is 18.1 Å². The molecule has 0 saturated heterocycles. The minimum atomic E-state index is -4.70. The number of benzene rings is 1. The largest absolute Gasteiger partial charge is 0.413 e. The molecule has 1 aromatic carbocycles. The molecule has 18 heavy (non-hydrogen) atoms. The molecule has 2 N–H and O–H groups in total. The average molecular weight is 257 g/mol. The van der Waals surface area contributed by atoms with Gasteiger partial charge in [-0.3, -0.25) is 4.79 Å². The number of carbonyl (C=O) groups excluding carboxylic acids is 1. The first-order valence-electron chi connectivity index (χ1n) is 5.70. The van der Waals surface area contributed by atoms with Gasteiger partial charge in [-0.2, -0.15) is 13.2 Å². The molecule has 1 aromatic rings. The second-order valence-corrected chi connectivity index (χ2v) is 4.93. The van der Waals surface area contributed by atoms with Crippen LogP contribution in [-0.4, -0.2) is 17.5 Å². The summed E-state index contributed by atoms with van der Waals surface area (Å²) in [5.74, 6) is -1.08. The van der Waals surface area contributed by atoms with Crippen molar-refractivity contribution in [1.82, 2.24) is 0 Å². The fourth-order valence-electron chi connectivity index (χ4n) is 2.14. The number of halogens is 3. The van der Waals surface area contributed by atoms with Crippen molar-refractivity contribution in [2.75, 3.05) is 0 Å². The number of nitrogens with two attached hydrogens (primary N) is 1. The lowest BCUT2D eigenvalue weighted by atomic mass is 9.73. The van der Waals surface area contributed by atoms with Gasteiger partial charge in [0.2, 0.25) is 0 Å². The zero-order valence-corrected chi connectivity index (χ0v) is 9.92. The zero-order chi connectivity index (χ0) is 13.6. The number of ketones is 1. The van der Waals surface area contributed by atoms with Crippen LogP contribution >= 0.6 is 0 Å². The summed E-state index contributed by atoms with van der Waals surface area (Å²) in [6.07, 6.45) is -4.20. The molecule has 1 aliphatic rings. The summed E-state index contributed by atoms with van der Waals surface area (Å²) in [5, 5.41) is 0. The smallest absolute Gasteiger partial charge is 0.312 e. The van der Waals surface area contributed by atoms with Crippen LogP contribution in [0.1, 0.15) is 30.4 Å². The molecule has 2 rings (SSSR count). The van der Waals surface area contributed by atoms with Gasteiger partial charge in [0.1, 0.15) is 0 Å². The van der Waals surface area contributed by atoms with Crippen molar-refractivity contribution in [3.8, 4) is 0 Å². The highest BCUT2D eigenvalue weighted by Gasteiger charge is 2.53. The SMILES string of the molecule is CC(N)(C(=O)CC1Cc2ccccc21)C(F)(F)F. The number of hydrogen-bond donors (Lipinski definition) is 1. The van der Waals surface area contributed by atoms with Crippen molar-refractivity contribution in [3.63, 3.8) is 0 Å². The van der Waals surface area contributed by atoms with Crippen molar-refractivity contribution in [3.05, 3.63) is 35.4 Å². The van der Waals surface area contributed by atoms with Crippen molar-refractivity contribution in [2.24, 2.45) is 5.73 Å². The molecule has 0 amide bonds. The predicted molar refractivity (Wildman–Crippen MR) is 61.2 cm³/mol. The second kappa shape index (κ2) is 4.09. The average Bonchev–Trinajstić information content (AvgIpc) is 2.24. The molecule has 0 heterocycles. The molecule has 98 valence electrons. The van der Waals surface area contributed by atoms with Gasteiger partial charge in [-0.25, -0.2) is 0 Å². The van der Waals surface area contributed by atoms with Crippen LogP contribution in [0.3, 0.4) is 0 Å². The summed E-state index contributed by atoms with van der Waals surface area (Å²) in [5.41, 5.74) is 4.42. The maximum Gasteiger partial charge on any atom is 0.413 e. The van der Waals surface area contributed by atoms with Gasteiger partial charge in [0, 0.05) is 6.42 Å². The Morgan fingerprint density at radius 2 is 2.00 bits per heavy atom. The van der Waals surface area contributed by atoms with E-state index in [1.165, 1.54) is 0 Å². The Balaban J connectivity index is 2.07. The molecule has 2 unspecified atom stereocenters. The van der Waals surface area contributed by atoms with Gasteiger partial charge >= 0.3 is 6.18 Å². The number of alkyl halides is 3. The third-order valence-corrected chi connectivity index (χ3v) is 3.56. The predicted octanol–water partition coefficient (Wildman–Crippen LogP) is 2.57. The molecule has 0 fully saturated rings. The van der Waals surface area contributed by atoms with E-state index in [0.29, 0.717) is 6.42 Å². The van der Waals surface area contributed by atoms with Crippen molar-refractivity contribution in [1.29, 1.82) is 0 Å². The van der Waals surface area contributed by atoms with Crippen molar-refractivity contribution in [2.45, 2.75) is 37.4 Å². The third-order valence-electron chi connectivity index (χ3n) is 3.56. The molecule has 0 saturated carbocycles. The van der Waals surface area contributed by atoms with E-state index in [1.807, 2.05) is 24.3 Å². The van der Waals surface area contributed by atoms with Crippen LogP contribution in [0.4, 0.5) is 13.2 Å². The number of hydrogen-bond acceptors (Lipinski definition) is 2. The fraction of sp³-hybridized carbons (Fsp3) is 0.462. The van der Waals surface area contributed by atoms with Crippen molar-refractivity contribution >= 4 is 5.78 Å². The van der Waals surface area contributed by atoms with Crippen LogP contribution < -0.4 is 5.73 Å². The Labute approximate surface area is 103 Å². The molecular weight excluding hydrogens is 243 g/mol. The topological polar surface area (TPSA) is 43.1 Å². The summed E-state index contributed by atoms with van der Waals surface area (Å²) in [7, 11) is 0. The number of fused-ring (bicyclic) bond motifs is 1. The number of Topliss-reactive ketones (excluding diaryl/α,β-unsaturated/α-hetero) is 1. The molecule has 2 atom stereocenters. The lowest BCUT2D eigenvalue weighted by molar-refractivity contribution is -0.186. The van der Waals surface area contributed by atoms with Crippen LogP contribution in [0, 0.1) is 0 Å². The van der Waals surface area contributed by atoms with Gasteiger partial charge in [-0.05, 0) is 30.4 Å². The lowest BCUT2D eigenvalue weighted by Crippen LogP contribution is -2.57. The molecule has 2 nitrogen and oxygen atoms in total. The van der Waals surface area contributed by atoms with Gasteiger partial charge < -0.3 is 5.73 Å². The first kappa shape index (κ1) is 13.1. The first-order chi connectivity index (χ1) is 8.23. The monoisotopic (exact) mass is 257 g/mol. The van der Waals surface area contributed by atoms with Crippen LogP contribution in [-0.2, 0) is 11.2 Å². The third kappa shape index (κ3) is 2.03. The number of carbonyl (C=O) groups is 1. The fourth-order valence-corrected chi connectivity index (χ4v) is 2.14. The molecule has 0 bridgehead atoms. The Kier molecular flexibility index (Phi) is 2.97. The highest BCUT2D eigenvalue weighted by molar-refractivity contribution is 5.89. The van der Waals surface area contributed by atoms with Crippen LogP contribution in [0.5, 0.6) is 0 Å². The van der Waals surface area contributed by atoms with E-state index >= 15 is 0 Å². The Morgan fingerprint density at radius 3 is 2.56 bits per heavy atom. The molecule has 0 aliphatic heterocycles. The van der Waals surface area contributed by atoms with Gasteiger partial charge in [-0.15, -0.1) is 0 Å². The van der Waals surface area contributed by atoms with E-state index in [9.17, 15) is 18.0 Å². The Hall–Kier alpha value is -1.36. The maximum absolute atomic E-state index is 12.6. The molecule has 5 heteroatoms. The standard InChI is InChI=1S/C13H14F3NO/c1-12(17,13(14,15)16)11(18)7-9-6-8-4-2-3-5-10(8)9/h2-5,9H,6-7,17H2,1H3. The summed E-state index contributed by atoms with van der Waals surface area (Å²) >= 11 is 0. The summed E-state index contributed by atoms with van der Waals surface area (Å²) in [4.78, 5) is 11.7. The quantitative estimate of drug-likeness (QED) is 0.904. The van der Waals surface area contributed by atoms with Crippen molar-refractivity contribution < 1.29 is 18.0 Å². The van der Waals surface area contributed by atoms with E-state index in [2.05, 4.69) is 0 Å². The minimum absolute atomic E-state index is 0.126. The summed E-state index contributed by atoms with van der Waals surface area (Å²) in [6, 6.07) is 7.46. The number of rotatable bonds is 3.